The van der Waals surface area contributed by atoms with Gasteiger partial charge in [-0.2, -0.15) is 0 Å². The van der Waals surface area contributed by atoms with Gasteiger partial charge in [-0.25, -0.2) is 4.98 Å². The Labute approximate surface area is 97.9 Å². The van der Waals surface area contributed by atoms with Gasteiger partial charge in [-0.05, 0) is 37.3 Å². The van der Waals surface area contributed by atoms with E-state index >= 15 is 0 Å². The molecule has 0 atom stereocenters. The molecular formula is C12H19ClN2. The summed E-state index contributed by atoms with van der Waals surface area (Å²) in [7, 11) is 0. The molecular weight excluding hydrogens is 208 g/mol. The summed E-state index contributed by atoms with van der Waals surface area (Å²) in [5, 5.41) is 3.37. The summed E-state index contributed by atoms with van der Waals surface area (Å²) in [5.41, 5.74) is 2.62. The third kappa shape index (κ3) is 3.10. The molecule has 0 amide bonds. The summed E-state index contributed by atoms with van der Waals surface area (Å²) < 4.78 is 0. The van der Waals surface area contributed by atoms with Gasteiger partial charge in [0, 0.05) is 12.2 Å². The molecule has 3 heteroatoms. The van der Waals surface area contributed by atoms with Crippen LogP contribution >= 0.6 is 12.4 Å². The van der Waals surface area contributed by atoms with Crippen molar-refractivity contribution in [1.82, 2.24) is 4.98 Å². The average molecular weight is 227 g/mol. The minimum absolute atomic E-state index is 0. The molecule has 2 rings (SSSR count). The summed E-state index contributed by atoms with van der Waals surface area (Å²) >= 11 is 0. The number of hydrogen-bond donors (Lipinski definition) is 1. The maximum atomic E-state index is 4.64. The Morgan fingerprint density at radius 2 is 2.27 bits per heavy atom. The van der Waals surface area contributed by atoms with Crippen LogP contribution in [0.15, 0.2) is 12.1 Å². The van der Waals surface area contributed by atoms with E-state index in [1.54, 1.807) is 0 Å². The smallest absolute Gasteiger partial charge is 0.129 e. The van der Waals surface area contributed by atoms with Crippen LogP contribution in [-0.2, 0) is 12.8 Å². The highest BCUT2D eigenvalue weighted by Crippen LogP contribution is 2.20. The van der Waals surface area contributed by atoms with E-state index in [-0.39, 0.29) is 12.4 Å². The van der Waals surface area contributed by atoms with Crippen LogP contribution in [0.25, 0.3) is 0 Å². The van der Waals surface area contributed by atoms with E-state index in [0.29, 0.717) is 0 Å². The number of nitrogens with zero attached hydrogens (tertiary/aromatic N) is 1. The average Bonchev–Trinajstić information content (AvgIpc) is 2.26. The zero-order chi connectivity index (χ0) is 9.80. The highest BCUT2D eigenvalue weighted by molar-refractivity contribution is 5.85. The summed E-state index contributed by atoms with van der Waals surface area (Å²) in [4.78, 5) is 4.64. The Morgan fingerprint density at radius 3 is 3.07 bits per heavy atom. The molecule has 15 heavy (non-hydrogen) atoms. The van der Waals surface area contributed by atoms with E-state index in [2.05, 4.69) is 29.4 Å². The molecule has 1 aliphatic rings. The lowest BCUT2D eigenvalue weighted by atomic mass is 10.1. The van der Waals surface area contributed by atoms with Gasteiger partial charge in [0.1, 0.15) is 5.82 Å². The summed E-state index contributed by atoms with van der Waals surface area (Å²) in [6.07, 6.45) is 6.02. The van der Waals surface area contributed by atoms with Crippen molar-refractivity contribution in [2.75, 3.05) is 11.9 Å². The number of aryl methyl sites for hydroxylation is 2. The van der Waals surface area contributed by atoms with Crippen molar-refractivity contribution in [1.29, 1.82) is 0 Å². The van der Waals surface area contributed by atoms with Crippen molar-refractivity contribution in [3.05, 3.63) is 23.4 Å². The molecule has 1 aromatic rings. The summed E-state index contributed by atoms with van der Waals surface area (Å²) in [6.45, 7) is 3.30. The molecule has 0 spiro atoms. The second kappa shape index (κ2) is 5.96. The van der Waals surface area contributed by atoms with Gasteiger partial charge in [0.05, 0.1) is 0 Å². The van der Waals surface area contributed by atoms with Crippen molar-refractivity contribution in [2.45, 2.75) is 39.0 Å². The lowest BCUT2D eigenvalue weighted by Crippen LogP contribution is -2.13. The van der Waals surface area contributed by atoms with E-state index < -0.39 is 0 Å². The van der Waals surface area contributed by atoms with E-state index in [1.807, 2.05) is 0 Å². The lowest BCUT2D eigenvalue weighted by Gasteiger charge is -2.17. The first-order valence-corrected chi connectivity index (χ1v) is 5.63. The predicted molar refractivity (Wildman–Crippen MR) is 66.9 cm³/mol. The number of anilines is 1. The number of halogens is 1. The number of rotatable bonds is 3. The fourth-order valence-electron chi connectivity index (χ4n) is 1.87. The van der Waals surface area contributed by atoms with Gasteiger partial charge in [-0.3, -0.25) is 0 Å². The molecule has 1 aliphatic heterocycles. The Kier molecular flexibility index (Phi) is 4.89. The highest BCUT2D eigenvalue weighted by Gasteiger charge is 2.09. The molecule has 1 aromatic heterocycles. The molecule has 0 aliphatic carbocycles. The number of aromatic nitrogens is 1. The maximum Gasteiger partial charge on any atom is 0.129 e. The Hall–Kier alpha value is -0.760. The first kappa shape index (κ1) is 12.3. The van der Waals surface area contributed by atoms with E-state index in [9.17, 15) is 0 Å². The van der Waals surface area contributed by atoms with Gasteiger partial charge in [0.25, 0.3) is 0 Å². The van der Waals surface area contributed by atoms with E-state index in [1.165, 1.54) is 36.9 Å². The second-order valence-corrected chi connectivity index (χ2v) is 3.94. The normalized spacial score (nSPS) is 13.7. The fraction of sp³-hybridized carbons (Fsp3) is 0.583. The van der Waals surface area contributed by atoms with Crippen molar-refractivity contribution < 1.29 is 0 Å². The second-order valence-electron chi connectivity index (χ2n) is 3.94. The van der Waals surface area contributed by atoms with Gasteiger partial charge < -0.3 is 5.32 Å². The van der Waals surface area contributed by atoms with Crippen LogP contribution in [0.5, 0.6) is 0 Å². The molecule has 84 valence electrons. The summed E-state index contributed by atoms with van der Waals surface area (Å²) in [5.74, 6) is 1.13. The fourth-order valence-corrected chi connectivity index (χ4v) is 1.87. The summed E-state index contributed by atoms with van der Waals surface area (Å²) in [6, 6.07) is 4.42. The molecule has 0 saturated carbocycles. The molecule has 0 saturated heterocycles. The molecule has 0 unspecified atom stereocenters. The van der Waals surface area contributed by atoms with Crippen LogP contribution in [0.1, 0.15) is 37.4 Å². The van der Waals surface area contributed by atoms with Crippen molar-refractivity contribution in [3.8, 4) is 0 Å². The molecule has 0 bridgehead atoms. The third-order valence-corrected chi connectivity index (χ3v) is 2.74. The Balaban J connectivity index is 0.00000112. The lowest BCUT2D eigenvalue weighted by molar-refractivity contribution is 0.764. The minimum Gasteiger partial charge on any atom is -0.370 e. The number of pyridine rings is 1. The minimum atomic E-state index is 0. The van der Waals surface area contributed by atoms with Crippen LogP contribution in [0.4, 0.5) is 5.82 Å². The zero-order valence-corrected chi connectivity index (χ0v) is 10.1. The third-order valence-electron chi connectivity index (χ3n) is 2.74. The van der Waals surface area contributed by atoms with Gasteiger partial charge in [0.2, 0.25) is 0 Å². The van der Waals surface area contributed by atoms with Gasteiger partial charge in [-0.15, -0.1) is 12.4 Å². The first-order chi connectivity index (χ1) is 6.90. The van der Waals surface area contributed by atoms with Crippen molar-refractivity contribution in [2.24, 2.45) is 0 Å². The van der Waals surface area contributed by atoms with E-state index in [0.717, 1.165) is 18.8 Å². The molecule has 0 fully saturated rings. The topological polar surface area (TPSA) is 24.9 Å². The molecule has 2 nitrogen and oxygen atoms in total. The standard InChI is InChI=1S/C12H18N2.ClH/c1-2-3-6-11-8-7-10-5-4-9-13-12(10)14-11;/h7-8H,2-6,9H2,1H3,(H,13,14);1H. The molecule has 0 radical (unpaired) electrons. The van der Waals surface area contributed by atoms with Gasteiger partial charge in [0.15, 0.2) is 0 Å². The number of hydrogen-bond acceptors (Lipinski definition) is 2. The highest BCUT2D eigenvalue weighted by atomic mass is 35.5. The van der Waals surface area contributed by atoms with Crippen LogP contribution < -0.4 is 5.32 Å². The molecule has 2 heterocycles. The number of unbranched alkanes of at least 4 members (excludes halogenated alkanes) is 1. The van der Waals surface area contributed by atoms with Crippen LogP contribution in [-0.4, -0.2) is 11.5 Å². The predicted octanol–water partition coefficient (Wildman–Crippen LogP) is 3.20. The van der Waals surface area contributed by atoms with Crippen LogP contribution in [0.2, 0.25) is 0 Å². The van der Waals surface area contributed by atoms with Gasteiger partial charge in [-0.1, -0.05) is 19.4 Å². The first-order valence-electron chi connectivity index (χ1n) is 5.63. The van der Waals surface area contributed by atoms with E-state index in [4.69, 9.17) is 0 Å². The monoisotopic (exact) mass is 226 g/mol. The SMILES string of the molecule is CCCCc1ccc2c(n1)NCCC2.Cl. The molecule has 1 N–H and O–H groups in total. The zero-order valence-electron chi connectivity index (χ0n) is 9.25. The number of fused-ring (bicyclic) bond motifs is 1. The Morgan fingerprint density at radius 1 is 1.40 bits per heavy atom. The van der Waals surface area contributed by atoms with Crippen LogP contribution in [0, 0.1) is 0 Å². The van der Waals surface area contributed by atoms with Crippen LogP contribution in [0.3, 0.4) is 0 Å². The van der Waals surface area contributed by atoms with Crippen molar-refractivity contribution in [3.63, 3.8) is 0 Å². The quantitative estimate of drug-likeness (QED) is 0.856. The van der Waals surface area contributed by atoms with Crippen molar-refractivity contribution >= 4 is 18.2 Å². The van der Waals surface area contributed by atoms with Gasteiger partial charge >= 0.3 is 0 Å². The molecule has 0 aromatic carbocycles. The largest absolute Gasteiger partial charge is 0.370 e. The maximum absolute atomic E-state index is 4.64. The number of nitrogens with one attached hydrogen (secondary N) is 1. The Bertz CT molecular complexity index is 312.